The number of aliphatic carboxylic acids is 1. The molecule has 0 saturated carbocycles. The Labute approximate surface area is 191 Å². The van der Waals surface area contributed by atoms with Crippen molar-refractivity contribution in [2.45, 2.75) is 25.7 Å². The zero-order chi connectivity index (χ0) is 23.0. The smallest absolute Gasteiger partial charge is 0.303 e. The molecule has 0 amide bonds. The lowest BCUT2D eigenvalue weighted by molar-refractivity contribution is -0.137. The third kappa shape index (κ3) is 5.77. The van der Waals surface area contributed by atoms with Crippen LogP contribution in [0.3, 0.4) is 0 Å². The van der Waals surface area contributed by atoms with E-state index >= 15 is 0 Å². The van der Waals surface area contributed by atoms with Gasteiger partial charge in [-0.25, -0.2) is 4.98 Å². The highest BCUT2D eigenvalue weighted by Crippen LogP contribution is 2.32. The number of aromatic amines is 1. The number of nitrogens with one attached hydrogen (secondary N) is 2. The average molecular weight is 444 g/mol. The van der Waals surface area contributed by atoms with Gasteiger partial charge in [0.1, 0.15) is 5.75 Å². The van der Waals surface area contributed by atoms with Crippen molar-refractivity contribution in [3.63, 3.8) is 0 Å². The highest BCUT2D eigenvalue weighted by Gasteiger charge is 2.09. The number of carbonyl (C=O) groups is 1. The lowest BCUT2D eigenvalue weighted by atomic mass is 10.1. The molecular weight excluding hydrogens is 418 g/mol. The molecule has 0 radical (unpaired) electrons. The normalized spacial score (nSPS) is 10.8. The van der Waals surface area contributed by atoms with E-state index in [-0.39, 0.29) is 12.0 Å². The van der Waals surface area contributed by atoms with Gasteiger partial charge in [-0.1, -0.05) is 54.6 Å². The third-order valence-electron chi connectivity index (χ3n) is 5.24. The number of fused-ring (bicyclic) bond motifs is 1. The molecule has 0 aliphatic carbocycles. The summed E-state index contributed by atoms with van der Waals surface area (Å²) in [4.78, 5) is 30.2. The maximum Gasteiger partial charge on any atom is 0.303 e. The molecule has 168 valence electrons. The minimum absolute atomic E-state index is 0.185. The fourth-order valence-electron chi connectivity index (χ4n) is 3.65. The van der Waals surface area contributed by atoms with Crippen molar-refractivity contribution in [2.24, 2.45) is 0 Å². The summed E-state index contributed by atoms with van der Waals surface area (Å²) in [6, 6.07) is 22.7. The van der Waals surface area contributed by atoms with Gasteiger partial charge in [-0.05, 0) is 31.4 Å². The molecule has 1 aromatic heterocycles. The lowest BCUT2D eigenvalue weighted by Gasteiger charge is -2.13. The number of aromatic nitrogens is 2. The summed E-state index contributed by atoms with van der Waals surface area (Å²) in [5, 5.41) is 13.8. The predicted octanol–water partition coefficient (Wildman–Crippen LogP) is 5.36. The van der Waals surface area contributed by atoms with E-state index in [2.05, 4.69) is 15.3 Å². The van der Waals surface area contributed by atoms with Crippen molar-refractivity contribution in [3.8, 4) is 17.0 Å². The zero-order valence-electron chi connectivity index (χ0n) is 18.1. The first-order valence-electron chi connectivity index (χ1n) is 10.9. The van der Waals surface area contributed by atoms with Gasteiger partial charge in [-0.15, -0.1) is 0 Å². The summed E-state index contributed by atoms with van der Waals surface area (Å²) < 4.78 is 5.98. The number of unbranched alkanes of at least 4 members (excludes halogenated alkanes) is 2. The highest BCUT2D eigenvalue weighted by molar-refractivity contribution is 5.98. The average Bonchev–Trinajstić information content (AvgIpc) is 2.82. The highest BCUT2D eigenvalue weighted by atomic mass is 16.5. The zero-order valence-corrected chi connectivity index (χ0v) is 18.1. The number of anilines is 2. The molecular formula is C26H25N3O4. The molecule has 33 heavy (non-hydrogen) atoms. The first-order chi connectivity index (χ1) is 16.1. The van der Waals surface area contributed by atoms with Gasteiger partial charge in [0, 0.05) is 34.5 Å². The predicted molar refractivity (Wildman–Crippen MR) is 129 cm³/mol. The van der Waals surface area contributed by atoms with Crippen LogP contribution in [0.25, 0.3) is 22.0 Å². The van der Waals surface area contributed by atoms with Crippen LogP contribution in [-0.2, 0) is 4.79 Å². The second-order valence-corrected chi connectivity index (χ2v) is 7.68. The molecule has 3 aromatic carbocycles. The van der Waals surface area contributed by atoms with Crippen molar-refractivity contribution in [3.05, 3.63) is 83.2 Å². The molecule has 0 aliphatic heterocycles. The Balaban J connectivity index is 1.52. The fourth-order valence-corrected chi connectivity index (χ4v) is 3.65. The number of hydrogen-bond donors (Lipinski definition) is 3. The number of H-pyrrole nitrogens is 1. The molecule has 0 bridgehead atoms. The largest absolute Gasteiger partial charge is 0.493 e. The maximum absolute atomic E-state index is 12.2. The molecule has 4 rings (SSSR count). The number of rotatable bonds is 10. The SMILES string of the molecule is O=C(O)CCCCCOc1cccc2c(Nc3nc(-c4ccccc4)cc(=O)[nH]3)cccc12. The van der Waals surface area contributed by atoms with Gasteiger partial charge >= 0.3 is 5.97 Å². The van der Waals surface area contributed by atoms with Gasteiger partial charge in [0.2, 0.25) is 5.95 Å². The number of carboxylic acid groups (broad SMARTS) is 1. The van der Waals surface area contributed by atoms with E-state index < -0.39 is 5.97 Å². The second-order valence-electron chi connectivity index (χ2n) is 7.68. The van der Waals surface area contributed by atoms with Crippen LogP contribution in [0, 0.1) is 0 Å². The Kier molecular flexibility index (Phi) is 6.99. The molecule has 0 saturated heterocycles. The van der Waals surface area contributed by atoms with E-state index in [4.69, 9.17) is 9.84 Å². The van der Waals surface area contributed by atoms with Crippen molar-refractivity contribution >= 4 is 28.4 Å². The molecule has 0 atom stereocenters. The van der Waals surface area contributed by atoms with E-state index in [0.717, 1.165) is 40.6 Å². The molecule has 4 aromatic rings. The number of carboxylic acids is 1. The van der Waals surface area contributed by atoms with E-state index in [1.54, 1.807) is 0 Å². The standard InChI is InChI=1S/C26H25N3O4/c30-24-17-22(18-9-3-1-4-10-18)28-26(29-24)27-21-13-7-12-20-19(21)11-8-14-23(20)33-16-6-2-5-15-25(31)32/h1,3-4,7-14,17H,2,5-6,15-16H2,(H,31,32)(H2,27,28,29,30). The Bertz CT molecular complexity index is 1300. The second kappa shape index (κ2) is 10.5. The van der Waals surface area contributed by atoms with Gasteiger partial charge in [-0.3, -0.25) is 14.6 Å². The molecule has 0 unspecified atom stereocenters. The van der Waals surface area contributed by atoms with Crippen LogP contribution in [0.15, 0.2) is 77.6 Å². The summed E-state index contributed by atoms with van der Waals surface area (Å²) >= 11 is 0. The number of nitrogens with zero attached hydrogens (tertiary/aromatic N) is 1. The number of ether oxygens (including phenoxy) is 1. The van der Waals surface area contributed by atoms with Gasteiger partial charge in [0.05, 0.1) is 12.3 Å². The minimum atomic E-state index is -0.768. The van der Waals surface area contributed by atoms with Gasteiger partial charge in [0.15, 0.2) is 0 Å². The lowest BCUT2D eigenvalue weighted by Crippen LogP contribution is -2.10. The Morgan fingerprint density at radius 1 is 0.939 bits per heavy atom. The monoisotopic (exact) mass is 443 g/mol. The van der Waals surface area contributed by atoms with Crippen LogP contribution in [0.4, 0.5) is 11.6 Å². The fraction of sp³-hybridized carbons (Fsp3) is 0.192. The van der Waals surface area contributed by atoms with Crippen LogP contribution >= 0.6 is 0 Å². The maximum atomic E-state index is 12.2. The molecule has 0 aliphatic rings. The summed E-state index contributed by atoms with van der Waals surface area (Å²) in [6.07, 6.45) is 2.43. The van der Waals surface area contributed by atoms with Gasteiger partial charge in [0.25, 0.3) is 5.56 Å². The number of benzene rings is 3. The molecule has 0 spiro atoms. The Morgan fingerprint density at radius 2 is 1.73 bits per heavy atom. The summed E-state index contributed by atoms with van der Waals surface area (Å²) in [6.45, 7) is 0.518. The van der Waals surface area contributed by atoms with Gasteiger partial charge < -0.3 is 15.2 Å². The van der Waals surface area contributed by atoms with Crippen molar-refractivity contribution in [1.82, 2.24) is 9.97 Å². The van der Waals surface area contributed by atoms with Crippen LogP contribution in [0.2, 0.25) is 0 Å². The number of hydrogen-bond acceptors (Lipinski definition) is 5. The van der Waals surface area contributed by atoms with Crippen LogP contribution in [-0.4, -0.2) is 27.7 Å². The van der Waals surface area contributed by atoms with Crippen LogP contribution in [0.5, 0.6) is 5.75 Å². The molecule has 3 N–H and O–H groups in total. The minimum Gasteiger partial charge on any atom is -0.493 e. The van der Waals surface area contributed by atoms with E-state index in [9.17, 15) is 9.59 Å². The van der Waals surface area contributed by atoms with Crippen molar-refractivity contribution in [2.75, 3.05) is 11.9 Å². The first kappa shape index (κ1) is 22.1. The summed E-state index contributed by atoms with van der Waals surface area (Å²) in [5.41, 5.74) is 2.02. The topological polar surface area (TPSA) is 104 Å². The molecule has 7 heteroatoms. The third-order valence-corrected chi connectivity index (χ3v) is 5.24. The van der Waals surface area contributed by atoms with Crippen molar-refractivity contribution in [1.29, 1.82) is 0 Å². The van der Waals surface area contributed by atoms with Crippen LogP contribution < -0.4 is 15.6 Å². The molecule has 0 fully saturated rings. The van der Waals surface area contributed by atoms with E-state index in [0.29, 0.717) is 24.7 Å². The Hall–Kier alpha value is -4.13. The molecule has 7 nitrogen and oxygen atoms in total. The van der Waals surface area contributed by atoms with Crippen molar-refractivity contribution < 1.29 is 14.6 Å². The molecule has 1 heterocycles. The van der Waals surface area contributed by atoms with E-state index in [1.165, 1.54) is 6.07 Å². The Morgan fingerprint density at radius 3 is 2.55 bits per heavy atom. The van der Waals surface area contributed by atoms with Gasteiger partial charge in [-0.2, -0.15) is 0 Å². The quantitative estimate of drug-likeness (QED) is 0.285. The summed E-state index contributed by atoms with van der Waals surface area (Å²) in [7, 11) is 0. The van der Waals surface area contributed by atoms with E-state index in [1.807, 2.05) is 66.7 Å². The summed E-state index contributed by atoms with van der Waals surface area (Å²) in [5.74, 6) is 0.350. The van der Waals surface area contributed by atoms with Crippen LogP contribution in [0.1, 0.15) is 25.7 Å². The first-order valence-corrected chi connectivity index (χ1v) is 10.9.